The molecule has 0 saturated carbocycles. The quantitative estimate of drug-likeness (QED) is 0.148. The van der Waals surface area contributed by atoms with Gasteiger partial charge in [0.2, 0.25) is 0 Å². The summed E-state index contributed by atoms with van der Waals surface area (Å²) in [4.78, 5) is 18.8. The summed E-state index contributed by atoms with van der Waals surface area (Å²) in [7, 11) is -4.23. The molecule has 1 aromatic heterocycles. The van der Waals surface area contributed by atoms with Crippen LogP contribution in [0.1, 0.15) is 19.3 Å². The molecule has 1 saturated heterocycles. The lowest BCUT2D eigenvalue weighted by Gasteiger charge is -2.14. The van der Waals surface area contributed by atoms with Crippen molar-refractivity contribution >= 4 is 33.7 Å². The van der Waals surface area contributed by atoms with E-state index in [4.69, 9.17) is 14.6 Å². The highest BCUT2D eigenvalue weighted by Crippen LogP contribution is 2.25. The molecule has 0 amide bonds. The number of halogens is 2. The van der Waals surface area contributed by atoms with Gasteiger partial charge in [-0.25, -0.2) is 27.2 Å². The number of hydrogen-bond donors (Lipinski definition) is 3. The third-order valence-corrected chi connectivity index (χ3v) is 7.91. The highest BCUT2D eigenvalue weighted by molar-refractivity contribution is 7.92. The number of sulfonamides is 1. The van der Waals surface area contributed by atoms with Gasteiger partial charge in [0.15, 0.2) is 0 Å². The van der Waals surface area contributed by atoms with E-state index in [0.29, 0.717) is 24.2 Å². The lowest BCUT2D eigenvalue weighted by atomic mass is 10.1. The number of nitrogens with zero attached hydrogens (tertiary/aromatic N) is 3. The third kappa shape index (κ3) is 9.18. The number of carbonyl (C=O) groups is 1. The van der Waals surface area contributed by atoms with Crippen molar-refractivity contribution in [2.45, 2.75) is 24.2 Å². The van der Waals surface area contributed by atoms with Crippen LogP contribution in [0.2, 0.25) is 0 Å². The average Bonchev–Trinajstić information content (AvgIpc) is 3.51. The zero-order chi connectivity index (χ0) is 30.7. The van der Waals surface area contributed by atoms with Crippen LogP contribution >= 0.6 is 0 Å². The number of likely N-dealkylation sites (tertiary alicyclic amines) is 1. The number of nitrogens with one attached hydrogen (secondary N) is 2. The first-order valence-corrected chi connectivity index (χ1v) is 15.0. The molecular formula is C30H31F2N5O5S. The molecule has 13 heteroatoms. The largest absolute Gasteiger partial charge is 0.494 e. The van der Waals surface area contributed by atoms with Crippen LogP contribution in [0.5, 0.6) is 5.75 Å². The van der Waals surface area contributed by atoms with Gasteiger partial charge in [-0.2, -0.15) is 0 Å². The molecule has 43 heavy (non-hydrogen) atoms. The lowest BCUT2D eigenvalue weighted by Crippen LogP contribution is -2.21. The van der Waals surface area contributed by atoms with Crippen LogP contribution in [-0.2, 0) is 14.8 Å². The summed E-state index contributed by atoms with van der Waals surface area (Å²) < 4.78 is 60.3. The number of aromatic nitrogens is 2. The van der Waals surface area contributed by atoms with Crippen LogP contribution in [0, 0.1) is 11.6 Å². The predicted octanol–water partition coefficient (Wildman–Crippen LogP) is 5.53. The number of rotatable bonds is 11. The Bertz CT molecular complexity index is 1600. The van der Waals surface area contributed by atoms with Gasteiger partial charge in [-0.1, -0.05) is 0 Å². The fourth-order valence-corrected chi connectivity index (χ4v) is 5.58. The number of hydrogen-bond acceptors (Lipinski definition) is 8. The summed E-state index contributed by atoms with van der Waals surface area (Å²) in [6, 6.07) is 18.2. The third-order valence-electron chi connectivity index (χ3n) is 6.50. The predicted molar refractivity (Wildman–Crippen MR) is 159 cm³/mol. The second kappa shape index (κ2) is 15.0. The van der Waals surface area contributed by atoms with Crippen molar-refractivity contribution in [1.29, 1.82) is 0 Å². The van der Waals surface area contributed by atoms with Gasteiger partial charge in [0.1, 0.15) is 34.4 Å². The zero-order valence-corrected chi connectivity index (χ0v) is 23.9. The minimum absolute atomic E-state index is 0.219. The van der Waals surface area contributed by atoms with Crippen LogP contribution in [0.3, 0.4) is 0 Å². The molecule has 0 spiro atoms. The molecule has 0 aliphatic carbocycles. The number of ether oxygens (including phenoxy) is 1. The Morgan fingerprint density at radius 3 is 2.28 bits per heavy atom. The molecule has 0 unspecified atom stereocenters. The topological polar surface area (TPSA) is 134 Å². The Hall–Kier alpha value is -4.62. The molecule has 0 atom stereocenters. The normalized spacial score (nSPS) is 13.1. The Labute approximate surface area is 248 Å². The van der Waals surface area contributed by atoms with Gasteiger partial charge in [-0.15, -0.1) is 0 Å². The zero-order valence-electron chi connectivity index (χ0n) is 23.1. The lowest BCUT2D eigenvalue weighted by molar-refractivity contribution is -0.122. The Kier molecular flexibility index (Phi) is 10.9. The molecule has 4 aromatic rings. The van der Waals surface area contributed by atoms with Gasteiger partial charge in [0.25, 0.3) is 16.5 Å². The van der Waals surface area contributed by atoms with Crippen LogP contribution in [-0.4, -0.2) is 61.1 Å². The van der Waals surface area contributed by atoms with Crippen molar-refractivity contribution in [1.82, 2.24) is 14.9 Å². The van der Waals surface area contributed by atoms with Crippen LogP contribution < -0.4 is 14.8 Å². The molecule has 10 nitrogen and oxygen atoms in total. The first-order valence-electron chi connectivity index (χ1n) is 13.5. The Morgan fingerprint density at radius 1 is 0.930 bits per heavy atom. The molecule has 5 rings (SSSR count). The van der Waals surface area contributed by atoms with Gasteiger partial charge >= 0.3 is 0 Å². The fourth-order valence-electron chi connectivity index (χ4n) is 4.46. The standard InChI is InChI=1S/C29H29F2N5O3S.CH2O2/c30-22-6-13-28(26(31)18-22)40(37,38)35-24-9-7-23(8-10-24)34-29-19-27(32-20-33-29)21-4-11-25(12-5-21)39-17-3-16-36-14-1-2-15-36;2-1-3/h4-13,18-20,35H,1-3,14-17H2,(H,32,33,34);1H,(H,2,3). The van der Waals surface area contributed by atoms with Crippen LogP contribution in [0.4, 0.5) is 26.0 Å². The minimum Gasteiger partial charge on any atom is -0.494 e. The van der Waals surface area contributed by atoms with E-state index in [0.717, 1.165) is 42.1 Å². The van der Waals surface area contributed by atoms with Gasteiger partial charge in [-0.05, 0) is 93.0 Å². The summed E-state index contributed by atoms with van der Waals surface area (Å²) in [6.07, 6.45) is 5.05. The molecule has 0 radical (unpaired) electrons. The number of benzene rings is 3. The minimum atomic E-state index is -4.23. The molecule has 3 aromatic carbocycles. The van der Waals surface area contributed by atoms with Gasteiger partial charge in [-0.3, -0.25) is 9.52 Å². The molecule has 1 aliphatic heterocycles. The number of carboxylic acid groups (broad SMARTS) is 1. The Morgan fingerprint density at radius 2 is 1.60 bits per heavy atom. The van der Waals surface area contributed by atoms with Crippen molar-refractivity contribution in [3.05, 3.63) is 90.8 Å². The summed E-state index contributed by atoms with van der Waals surface area (Å²) in [5.41, 5.74) is 2.51. The van der Waals surface area contributed by atoms with E-state index in [9.17, 15) is 17.2 Å². The van der Waals surface area contributed by atoms with Gasteiger partial charge in [0.05, 0.1) is 12.3 Å². The maximum atomic E-state index is 14.0. The summed E-state index contributed by atoms with van der Waals surface area (Å²) >= 11 is 0. The number of anilines is 3. The maximum Gasteiger partial charge on any atom is 0.290 e. The molecule has 1 fully saturated rings. The first-order chi connectivity index (χ1) is 20.8. The molecular weight excluding hydrogens is 580 g/mol. The summed E-state index contributed by atoms with van der Waals surface area (Å²) in [5.74, 6) is -0.658. The van der Waals surface area contributed by atoms with Crippen LogP contribution in [0.15, 0.2) is 84.0 Å². The molecule has 2 heterocycles. The van der Waals surface area contributed by atoms with Crippen molar-refractivity contribution in [2.24, 2.45) is 0 Å². The van der Waals surface area contributed by atoms with Crippen LogP contribution in [0.25, 0.3) is 11.3 Å². The molecule has 3 N–H and O–H groups in total. The second-order valence-electron chi connectivity index (χ2n) is 9.55. The average molecular weight is 612 g/mol. The highest BCUT2D eigenvalue weighted by Gasteiger charge is 2.19. The van der Waals surface area contributed by atoms with Gasteiger partial charge < -0.3 is 20.1 Å². The van der Waals surface area contributed by atoms with Crippen molar-refractivity contribution in [3.8, 4) is 17.0 Å². The van der Waals surface area contributed by atoms with E-state index in [1.165, 1.54) is 44.4 Å². The Balaban J connectivity index is 0.00000135. The molecule has 226 valence electrons. The van der Waals surface area contributed by atoms with Crippen molar-refractivity contribution < 1.29 is 31.8 Å². The highest BCUT2D eigenvalue weighted by atomic mass is 32.2. The summed E-state index contributed by atoms with van der Waals surface area (Å²) in [6.45, 7) is 3.89. The summed E-state index contributed by atoms with van der Waals surface area (Å²) in [5, 5.41) is 10.1. The fraction of sp³-hybridized carbons (Fsp3) is 0.233. The molecule has 0 bridgehead atoms. The van der Waals surface area contributed by atoms with E-state index in [2.05, 4.69) is 24.9 Å². The van der Waals surface area contributed by atoms with E-state index in [1.807, 2.05) is 24.3 Å². The maximum absolute atomic E-state index is 14.0. The van der Waals surface area contributed by atoms with E-state index in [-0.39, 0.29) is 12.2 Å². The van der Waals surface area contributed by atoms with E-state index in [1.54, 1.807) is 18.2 Å². The monoisotopic (exact) mass is 611 g/mol. The van der Waals surface area contributed by atoms with E-state index >= 15 is 0 Å². The van der Waals surface area contributed by atoms with Crippen molar-refractivity contribution in [2.75, 3.05) is 36.3 Å². The first kappa shape index (κ1) is 31.3. The van der Waals surface area contributed by atoms with Gasteiger partial charge in [0, 0.05) is 35.6 Å². The second-order valence-corrected chi connectivity index (χ2v) is 11.2. The molecule has 1 aliphatic rings. The SMILES string of the molecule is O=CO.O=S(=O)(Nc1ccc(Nc2cc(-c3ccc(OCCCN4CCCC4)cc3)ncn2)cc1)c1ccc(F)cc1F. The smallest absolute Gasteiger partial charge is 0.290 e. The van der Waals surface area contributed by atoms with E-state index < -0.39 is 26.6 Å². The van der Waals surface area contributed by atoms with Crippen molar-refractivity contribution in [3.63, 3.8) is 0 Å².